The lowest BCUT2D eigenvalue weighted by molar-refractivity contribution is -0.145. The zero-order valence-corrected chi connectivity index (χ0v) is 11.9. The second kappa shape index (κ2) is 7.95. The number of nitrogens with one attached hydrogen (secondary N) is 1. The van der Waals surface area contributed by atoms with Crippen molar-refractivity contribution in [1.82, 2.24) is 10.2 Å². The molecule has 1 saturated heterocycles. The van der Waals surface area contributed by atoms with Crippen LogP contribution in [0.25, 0.3) is 0 Å². The van der Waals surface area contributed by atoms with Crippen LogP contribution in [-0.2, 0) is 4.79 Å². The summed E-state index contributed by atoms with van der Waals surface area (Å²) in [5, 5.41) is 12.0. The molecule has 0 aliphatic carbocycles. The minimum absolute atomic E-state index is 0.00665. The molecule has 106 valence electrons. The first-order valence-corrected chi connectivity index (χ1v) is 7.52. The molecular formula is C13H20N2O3S. The standard InChI is InChI=1S/C13H20N2O3S/c1-3-8-19-9-6-14-13(18)15-7-4-5-10(2)11(15)12(16)17/h1,10-11H,4-9H2,2H3,(H,14,18)(H,16,17). The molecule has 1 aliphatic heterocycles. The first kappa shape index (κ1) is 15.7. The first-order valence-electron chi connectivity index (χ1n) is 6.36. The maximum atomic E-state index is 12.0. The minimum Gasteiger partial charge on any atom is -0.480 e. The summed E-state index contributed by atoms with van der Waals surface area (Å²) in [5.74, 6) is 2.93. The highest BCUT2D eigenvalue weighted by molar-refractivity contribution is 7.99. The average Bonchev–Trinajstić information content (AvgIpc) is 2.37. The third-order valence-corrected chi connectivity index (χ3v) is 4.02. The molecule has 0 bridgehead atoms. The number of aliphatic carboxylic acids is 1. The van der Waals surface area contributed by atoms with Crippen LogP contribution in [0.4, 0.5) is 4.79 Å². The van der Waals surface area contributed by atoms with Gasteiger partial charge in [0.2, 0.25) is 0 Å². The summed E-state index contributed by atoms with van der Waals surface area (Å²) in [6, 6.07) is -1.01. The summed E-state index contributed by atoms with van der Waals surface area (Å²) in [5.41, 5.74) is 0. The van der Waals surface area contributed by atoms with E-state index in [0.29, 0.717) is 18.8 Å². The fraction of sp³-hybridized carbons (Fsp3) is 0.692. The summed E-state index contributed by atoms with van der Waals surface area (Å²) in [6.45, 7) is 2.88. The van der Waals surface area contributed by atoms with Gasteiger partial charge in [-0.2, -0.15) is 0 Å². The minimum atomic E-state index is -0.927. The van der Waals surface area contributed by atoms with Gasteiger partial charge in [0, 0.05) is 18.8 Å². The van der Waals surface area contributed by atoms with Crippen LogP contribution in [0.5, 0.6) is 0 Å². The summed E-state index contributed by atoms with van der Waals surface area (Å²) in [7, 11) is 0. The van der Waals surface area contributed by atoms with Gasteiger partial charge >= 0.3 is 12.0 Å². The third kappa shape index (κ3) is 4.67. The number of carboxylic acids is 1. The molecule has 0 aromatic carbocycles. The van der Waals surface area contributed by atoms with E-state index >= 15 is 0 Å². The maximum absolute atomic E-state index is 12.0. The predicted octanol–water partition coefficient (Wildman–Crippen LogP) is 1.25. The van der Waals surface area contributed by atoms with E-state index in [4.69, 9.17) is 6.42 Å². The van der Waals surface area contributed by atoms with E-state index in [1.807, 2.05) is 6.92 Å². The SMILES string of the molecule is C#CCSCCNC(=O)N1CCCC(C)C1C(=O)O. The monoisotopic (exact) mass is 284 g/mol. The number of thioether (sulfide) groups is 1. The number of nitrogens with zero attached hydrogens (tertiary/aromatic N) is 1. The lowest BCUT2D eigenvalue weighted by atomic mass is 9.91. The van der Waals surface area contributed by atoms with Gasteiger partial charge in [-0.25, -0.2) is 9.59 Å². The molecule has 1 aliphatic rings. The highest BCUT2D eigenvalue weighted by Gasteiger charge is 2.36. The molecule has 5 nitrogen and oxygen atoms in total. The van der Waals surface area contributed by atoms with Crippen molar-refractivity contribution in [1.29, 1.82) is 0 Å². The fourth-order valence-electron chi connectivity index (χ4n) is 2.26. The molecule has 0 radical (unpaired) electrons. The summed E-state index contributed by atoms with van der Waals surface area (Å²) < 4.78 is 0. The molecule has 0 saturated carbocycles. The van der Waals surface area contributed by atoms with E-state index in [1.165, 1.54) is 4.90 Å². The molecule has 6 heteroatoms. The molecule has 2 atom stereocenters. The highest BCUT2D eigenvalue weighted by Crippen LogP contribution is 2.23. The number of piperidine rings is 1. The Labute approximate surface area is 118 Å². The lowest BCUT2D eigenvalue weighted by Crippen LogP contribution is -2.55. The van der Waals surface area contributed by atoms with Crippen LogP contribution in [0.2, 0.25) is 0 Å². The Bertz CT molecular complexity index is 367. The molecule has 19 heavy (non-hydrogen) atoms. The average molecular weight is 284 g/mol. The van der Waals surface area contributed by atoms with E-state index in [0.717, 1.165) is 18.6 Å². The molecule has 1 fully saturated rings. The Morgan fingerprint density at radius 1 is 1.58 bits per heavy atom. The van der Waals surface area contributed by atoms with Crippen LogP contribution in [0.3, 0.4) is 0 Å². The quantitative estimate of drug-likeness (QED) is 0.589. The maximum Gasteiger partial charge on any atom is 0.326 e. The van der Waals surface area contributed by atoms with Crippen LogP contribution >= 0.6 is 11.8 Å². The van der Waals surface area contributed by atoms with Crippen molar-refractivity contribution in [3.63, 3.8) is 0 Å². The van der Waals surface area contributed by atoms with Crippen molar-refractivity contribution < 1.29 is 14.7 Å². The number of rotatable bonds is 5. The van der Waals surface area contributed by atoms with E-state index in [2.05, 4.69) is 11.2 Å². The molecule has 0 aromatic rings. The van der Waals surface area contributed by atoms with Crippen molar-refractivity contribution in [3.05, 3.63) is 0 Å². The molecule has 0 spiro atoms. The largest absolute Gasteiger partial charge is 0.480 e. The zero-order valence-electron chi connectivity index (χ0n) is 11.1. The number of carboxylic acid groups (broad SMARTS) is 1. The second-order valence-electron chi connectivity index (χ2n) is 4.58. The predicted molar refractivity (Wildman–Crippen MR) is 76.1 cm³/mol. The number of terminal acetylenes is 1. The molecule has 2 unspecified atom stereocenters. The van der Waals surface area contributed by atoms with Crippen molar-refractivity contribution in [2.75, 3.05) is 24.6 Å². The first-order chi connectivity index (χ1) is 9.07. The van der Waals surface area contributed by atoms with Gasteiger partial charge in [-0.3, -0.25) is 0 Å². The van der Waals surface area contributed by atoms with Gasteiger partial charge < -0.3 is 15.3 Å². The van der Waals surface area contributed by atoms with Gasteiger partial charge in [-0.05, 0) is 18.8 Å². The van der Waals surface area contributed by atoms with Gasteiger partial charge in [0.05, 0.1) is 5.75 Å². The molecule has 1 heterocycles. The van der Waals surface area contributed by atoms with Crippen molar-refractivity contribution in [3.8, 4) is 12.3 Å². The Balaban J connectivity index is 2.45. The van der Waals surface area contributed by atoms with E-state index in [-0.39, 0.29) is 11.9 Å². The Hall–Kier alpha value is -1.35. The van der Waals surface area contributed by atoms with Gasteiger partial charge in [-0.15, -0.1) is 18.2 Å². The van der Waals surface area contributed by atoms with Crippen LogP contribution in [0, 0.1) is 18.3 Å². The van der Waals surface area contributed by atoms with Crippen molar-refractivity contribution in [2.24, 2.45) is 5.92 Å². The lowest BCUT2D eigenvalue weighted by Gasteiger charge is -2.37. The van der Waals surface area contributed by atoms with Crippen LogP contribution in [-0.4, -0.2) is 52.6 Å². The summed E-state index contributed by atoms with van der Waals surface area (Å²) >= 11 is 1.56. The number of amides is 2. The Morgan fingerprint density at radius 2 is 2.32 bits per heavy atom. The fourth-order valence-corrected chi connectivity index (χ4v) is 2.76. The van der Waals surface area contributed by atoms with Crippen molar-refractivity contribution >= 4 is 23.8 Å². The number of carbonyl (C=O) groups is 2. The number of likely N-dealkylation sites (tertiary alicyclic amines) is 1. The van der Waals surface area contributed by atoms with Gasteiger partial charge in [0.1, 0.15) is 6.04 Å². The molecule has 2 N–H and O–H groups in total. The molecular weight excluding hydrogens is 264 g/mol. The van der Waals surface area contributed by atoms with Gasteiger partial charge in [0.25, 0.3) is 0 Å². The number of carbonyl (C=O) groups excluding carboxylic acids is 1. The van der Waals surface area contributed by atoms with Gasteiger partial charge in [-0.1, -0.05) is 12.8 Å². The van der Waals surface area contributed by atoms with Crippen molar-refractivity contribution in [2.45, 2.75) is 25.8 Å². The van der Waals surface area contributed by atoms with Crippen LogP contribution < -0.4 is 5.32 Å². The third-order valence-electron chi connectivity index (χ3n) is 3.16. The van der Waals surface area contributed by atoms with E-state index in [1.54, 1.807) is 11.8 Å². The smallest absolute Gasteiger partial charge is 0.326 e. The van der Waals surface area contributed by atoms with Crippen LogP contribution in [0.1, 0.15) is 19.8 Å². The molecule has 1 rings (SSSR count). The van der Waals surface area contributed by atoms with Crippen LogP contribution in [0.15, 0.2) is 0 Å². The summed E-state index contributed by atoms with van der Waals surface area (Å²) in [6.07, 6.45) is 6.82. The zero-order chi connectivity index (χ0) is 14.3. The Kier molecular flexibility index (Phi) is 6.57. The van der Waals surface area contributed by atoms with E-state index < -0.39 is 12.0 Å². The number of hydrogen-bond acceptors (Lipinski definition) is 3. The number of urea groups is 1. The summed E-state index contributed by atoms with van der Waals surface area (Å²) in [4.78, 5) is 24.7. The van der Waals surface area contributed by atoms with E-state index in [9.17, 15) is 14.7 Å². The Morgan fingerprint density at radius 3 is 2.95 bits per heavy atom. The molecule has 2 amide bonds. The molecule has 0 aromatic heterocycles. The van der Waals surface area contributed by atoms with Gasteiger partial charge in [0.15, 0.2) is 0 Å². The normalized spacial score (nSPS) is 22.6. The highest BCUT2D eigenvalue weighted by atomic mass is 32.2. The number of hydrogen-bond donors (Lipinski definition) is 2. The second-order valence-corrected chi connectivity index (χ2v) is 5.69. The topological polar surface area (TPSA) is 69.6 Å².